The largest absolute Gasteiger partial charge is 0.480 e. The first-order chi connectivity index (χ1) is 13.2. The van der Waals surface area contributed by atoms with Crippen molar-refractivity contribution in [1.29, 1.82) is 5.41 Å². The number of furan rings is 1. The third-order valence-corrected chi connectivity index (χ3v) is 3.69. The second-order valence-corrected chi connectivity index (χ2v) is 5.96. The molecule has 0 aliphatic carbocycles. The highest BCUT2D eigenvalue weighted by Gasteiger charge is 2.19. The minimum absolute atomic E-state index is 0.0265. The zero-order valence-electron chi connectivity index (χ0n) is 15.3. The normalized spacial score (nSPS) is 11.4. The maximum absolute atomic E-state index is 12.1. The van der Waals surface area contributed by atoms with E-state index in [1.54, 1.807) is 12.1 Å². The average Bonchev–Trinajstić information content (AvgIpc) is 3.10. The maximum Gasteiger partial charge on any atom is 0.379 e. The van der Waals surface area contributed by atoms with Crippen LogP contribution >= 0.6 is 0 Å². The number of rotatable bonds is 7. The minimum atomic E-state index is -1.15. The van der Waals surface area contributed by atoms with Gasteiger partial charge in [-0.3, -0.25) is 10.2 Å². The number of nitrogen functional groups attached to an aromatic ring is 1. The van der Waals surface area contributed by atoms with E-state index in [1.807, 2.05) is 0 Å². The number of nitrogens with two attached hydrogens (primary N) is 1. The molecule has 1 atom stereocenters. The van der Waals surface area contributed by atoms with Crippen molar-refractivity contribution in [3.63, 3.8) is 0 Å². The van der Waals surface area contributed by atoms with Crippen molar-refractivity contribution in [2.75, 3.05) is 7.05 Å². The van der Waals surface area contributed by atoms with E-state index in [4.69, 9.17) is 25.4 Å². The Balaban J connectivity index is 1.95. The predicted molar refractivity (Wildman–Crippen MR) is 98.2 cm³/mol. The average molecular weight is 388 g/mol. The summed E-state index contributed by atoms with van der Waals surface area (Å²) in [5, 5.41) is 18.4. The van der Waals surface area contributed by atoms with E-state index in [-0.39, 0.29) is 23.9 Å². The van der Waals surface area contributed by atoms with Crippen molar-refractivity contribution in [2.45, 2.75) is 19.5 Å². The number of carboxylic acid groups (broad SMARTS) is 1. The summed E-state index contributed by atoms with van der Waals surface area (Å²) in [5.74, 6) is -1.46. The second kappa shape index (κ2) is 8.71. The lowest BCUT2D eigenvalue weighted by molar-refractivity contribution is -0.138. The Morgan fingerprint density at radius 3 is 2.46 bits per heavy atom. The molecule has 0 saturated heterocycles. The first-order valence-electron chi connectivity index (χ1n) is 8.17. The molecule has 28 heavy (non-hydrogen) atoms. The first kappa shape index (κ1) is 20.5. The molecule has 10 heteroatoms. The van der Waals surface area contributed by atoms with Crippen LogP contribution in [0.15, 0.2) is 40.8 Å². The monoisotopic (exact) mass is 388 g/mol. The Morgan fingerprint density at radius 1 is 1.25 bits per heavy atom. The van der Waals surface area contributed by atoms with Crippen molar-refractivity contribution in [3.8, 4) is 5.75 Å². The molecule has 2 amide bonds. The van der Waals surface area contributed by atoms with Crippen LogP contribution < -0.4 is 15.8 Å². The van der Waals surface area contributed by atoms with Crippen molar-refractivity contribution >= 4 is 23.8 Å². The van der Waals surface area contributed by atoms with Gasteiger partial charge in [-0.15, -0.1) is 0 Å². The summed E-state index contributed by atoms with van der Waals surface area (Å²) in [6, 6.07) is 7.38. The van der Waals surface area contributed by atoms with E-state index < -0.39 is 24.0 Å². The molecular weight excluding hydrogens is 368 g/mol. The first-order valence-corrected chi connectivity index (χ1v) is 8.17. The Kier molecular flexibility index (Phi) is 6.38. The lowest BCUT2D eigenvalue weighted by atomic mass is 10.2. The summed E-state index contributed by atoms with van der Waals surface area (Å²) in [5.41, 5.74) is 5.86. The highest BCUT2D eigenvalue weighted by molar-refractivity contribution is 5.95. The molecule has 1 unspecified atom stereocenters. The zero-order chi connectivity index (χ0) is 20.8. The lowest BCUT2D eigenvalue weighted by Crippen LogP contribution is -2.44. The Labute approximate surface area is 160 Å². The number of benzene rings is 1. The fourth-order valence-electron chi connectivity index (χ4n) is 2.10. The van der Waals surface area contributed by atoms with E-state index in [1.165, 1.54) is 43.1 Å². The Bertz CT molecular complexity index is 890. The van der Waals surface area contributed by atoms with Gasteiger partial charge in [0.2, 0.25) is 5.76 Å². The molecule has 0 fully saturated rings. The molecule has 0 bridgehead atoms. The number of ether oxygens (including phenoxy) is 1. The topological polar surface area (TPSA) is 159 Å². The quantitative estimate of drug-likeness (QED) is 0.241. The molecule has 0 aliphatic rings. The van der Waals surface area contributed by atoms with Crippen molar-refractivity contribution in [1.82, 2.24) is 10.2 Å². The van der Waals surface area contributed by atoms with Crippen LogP contribution in [0.4, 0.5) is 4.79 Å². The van der Waals surface area contributed by atoms with Gasteiger partial charge < -0.3 is 30.2 Å². The van der Waals surface area contributed by atoms with E-state index >= 15 is 0 Å². The second-order valence-electron chi connectivity index (χ2n) is 5.96. The highest BCUT2D eigenvalue weighted by Crippen LogP contribution is 2.16. The molecular formula is C18H20N4O6. The molecule has 0 spiro atoms. The predicted octanol–water partition coefficient (Wildman–Crippen LogP) is 1.40. The van der Waals surface area contributed by atoms with Crippen LogP contribution in [0, 0.1) is 5.41 Å². The van der Waals surface area contributed by atoms with E-state index in [0.717, 1.165) is 0 Å². The molecule has 0 aliphatic heterocycles. The van der Waals surface area contributed by atoms with Gasteiger partial charge in [-0.05, 0) is 43.3 Å². The van der Waals surface area contributed by atoms with Crippen LogP contribution in [0.5, 0.6) is 5.75 Å². The van der Waals surface area contributed by atoms with Crippen LogP contribution in [-0.2, 0) is 11.3 Å². The van der Waals surface area contributed by atoms with Crippen molar-refractivity contribution in [2.24, 2.45) is 5.73 Å². The minimum Gasteiger partial charge on any atom is -0.480 e. The van der Waals surface area contributed by atoms with Gasteiger partial charge in [0.15, 0.2) is 0 Å². The molecule has 148 valence electrons. The van der Waals surface area contributed by atoms with Crippen LogP contribution in [0.25, 0.3) is 0 Å². The van der Waals surface area contributed by atoms with Crippen LogP contribution in [0.2, 0.25) is 0 Å². The van der Waals surface area contributed by atoms with Crippen molar-refractivity contribution < 1.29 is 28.6 Å². The molecule has 2 rings (SSSR count). The molecule has 1 heterocycles. The molecule has 1 aromatic heterocycles. The number of carbonyl (C=O) groups excluding carboxylic acids is 2. The molecule has 10 nitrogen and oxygen atoms in total. The van der Waals surface area contributed by atoms with E-state index in [9.17, 15) is 14.4 Å². The van der Waals surface area contributed by atoms with Gasteiger partial charge in [-0.25, -0.2) is 9.59 Å². The SMILES string of the molecule is CC(NC(=O)N(C)Cc1ccc(C(=O)Oc2ccc(C(=N)N)cc2)o1)C(=O)O. The number of aliphatic carboxylic acids is 1. The summed E-state index contributed by atoms with van der Waals surface area (Å²) in [6.45, 7) is 1.37. The summed E-state index contributed by atoms with van der Waals surface area (Å²) >= 11 is 0. The van der Waals surface area contributed by atoms with Crippen LogP contribution in [0.3, 0.4) is 0 Å². The summed E-state index contributed by atoms with van der Waals surface area (Å²) < 4.78 is 10.6. The number of hydrogen-bond donors (Lipinski definition) is 4. The third kappa shape index (κ3) is 5.34. The van der Waals surface area contributed by atoms with Gasteiger partial charge in [0.25, 0.3) is 0 Å². The van der Waals surface area contributed by atoms with Gasteiger partial charge >= 0.3 is 18.0 Å². The molecule has 0 saturated carbocycles. The number of nitrogens with one attached hydrogen (secondary N) is 2. The highest BCUT2D eigenvalue weighted by atomic mass is 16.5. The third-order valence-electron chi connectivity index (χ3n) is 3.69. The molecule has 5 N–H and O–H groups in total. The summed E-state index contributed by atoms with van der Waals surface area (Å²) in [7, 11) is 1.46. The lowest BCUT2D eigenvalue weighted by Gasteiger charge is -2.18. The number of nitrogens with zero attached hydrogens (tertiary/aromatic N) is 1. The Hall–Kier alpha value is -3.82. The number of hydrogen-bond acceptors (Lipinski definition) is 6. The van der Waals surface area contributed by atoms with Crippen molar-refractivity contribution in [3.05, 3.63) is 53.5 Å². The number of amides is 2. The number of carbonyl (C=O) groups is 3. The summed E-state index contributed by atoms with van der Waals surface area (Å²) in [6.07, 6.45) is 0. The number of esters is 1. The standard InChI is InChI=1S/C18H20N4O6/c1-10(16(23)24)21-18(26)22(2)9-13-7-8-14(27-13)17(25)28-12-5-3-11(4-6-12)15(19)20/h3-8,10H,9H2,1-2H3,(H3,19,20)(H,21,26)(H,23,24). The fraction of sp³-hybridized carbons (Fsp3) is 0.222. The Morgan fingerprint density at radius 2 is 1.89 bits per heavy atom. The fourth-order valence-corrected chi connectivity index (χ4v) is 2.10. The number of urea groups is 1. The smallest absolute Gasteiger partial charge is 0.379 e. The van der Waals surface area contributed by atoms with Crippen LogP contribution in [-0.4, -0.2) is 46.9 Å². The number of amidine groups is 1. The molecule has 1 aromatic carbocycles. The van der Waals surface area contributed by atoms with Crippen LogP contribution in [0.1, 0.15) is 28.8 Å². The van der Waals surface area contributed by atoms with Gasteiger partial charge in [-0.1, -0.05) is 0 Å². The molecule has 2 aromatic rings. The number of carboxylic acids is 1. The van der Waals surface area contributed by atoms with E-state index in [0.29, 0.717) is 11.3 Å². The van der Waals surface area contributed by atoms with Gasteiger partial charge in [-0.2, -0.15) is 0 Å². The van der Waals surface area contributed by atoms with Gasteiger partial charge in [0, 0.05) is 12.6 Å². The zero-order valence-corrected chi connectivity index (χ0v) is 15.3. The summed E-state index contributed by atoms with van der Waals surface area (Å²) in [4.78, 5) is 36.1. The molecule has 0 radical (unpaired) electrons. The maximum atomic E-state index is 12.1. The van der Waals surface area contributed by atoms with Gasteiger partial charge in [0.05, 0.1) is 6.54 Å². The van der Waals surface area contributed by atoms with E-state index in [2.05, 4.69) is 5.32 Å². The van der Waals surface area contributed by atoms with Gasteiger partial charge in [0.1, 0.15) is 23.4 Å².